The van der Waals surface area contributed by atoms with Crippen LogP contribution in [-0.2, 0) is 0 Å². The molecule has 0 aromatic heterocycles. The van der Waals surface area contributed by atoms with Gasteiger partial charge in [-0.25, -0.2) is 0 Å². The summed E-state index contributed by atoms with van der Waals surface area (Å²) in [5.41, 5.74) is 6.93. The van der Waals surface area contributed by atoms with E-state index in [9.17, 15) is 0 Å². The molecular formula is C17H25Si. The van der Waals surface area contributed by atoms with Crippen molar-refractivity contribution in [3.63, 3.8) is 0 Å². The molecule has 0 unspecified atom stereocenters. The Kier molecular flexibility index (Phi) is 5.23. The van der Waals surface area contributed by atoms with Crippen molar-refractivity contribution in [1.29, 1.82) is 0 Å². The van der Waals surface area contributed by atoms with Gasteiger partial charge in [-0.2, -0.15) is 0 Å². The fourth-order valence-electron chi connectivity index (χ4n) is 3.08. The van der Waals surface area contributed by atoms with Gasteiger partial charge in [-0.1, -0.05) is 59.6 Å². The number of rotatable bonds is 3. The van der Waals surface area contributed by atoms with Crippen molar-refractivity contribution in [2.45, 2.75) is 58.2 Å². The summed E-state index contributed by atoms with van der Waals surface area (Å²) < 4.78 is 0. The van der Waals surface area contributed by atoms with Crippen molar-refractivity contribution in [1.82, 2.24) is 0 Å². The lowest BCUT2D eigenvalue weighted by atomic mass is 10.2. The average molecular weight is 257 g/mol. The molecule has 0 amide bonds. The Balaban J connectivity index is 3.18. The van der Waals surface area contributed by atoms with E-state index in [1.165, 1.54) is 0 Å². The van der Waals surface area contributed by atoms with Gasteiger partial charge < -0.3 is 0 Å². The van der Waals surface area contributed by atoms with E-state index in [1.807, 2.05) is 24.3 Å². The van der Waals surface area contributed by atoms with E-state index in [1.54, 1.807) is 0 Å². The second kappa shape index (κ2) is 6.25. The van der Waals surface area contributed by atoms with E-state index in [0.29, 0.717) is 16.6 Å². The Morgan fingerprint density at radius 1 is 0.889 bits per heavy atom. The summed E-state index contributed by atoms with van der Waals surface area (Å²) in [5, 5.41) is 0. The lowest BCUT2D eigenvalue weighted by Gasteiger charge is -2.38. The van der Waals surface area contributed by atoms with Gasteiger partial charge in [-0.05, 0) is 34.8 Å². The van der Waals surface area contributed by atoms with Crippen LogP contribution in [0.5, 0.6) is 0 Å². The smallest absolute Gasteiger partial charge is 0.125 e. The Morgan fingerprint density at radius 3 is 1.72 bits per heavy atom. The van der Waals surface area contributed by atoms with Gasteiger partial charge in [-0.15, -0.1) is 5.54 Å². The van der Waals surface area contributed by atoms with Crippen molar-refractivity contribution < 1.29 is 0 Å². The first-order valence-corrected chi connectivity index (χ1v) is 9.13. The predicted octanol–water partition coefficient (Wildman–Crippen LogP) is 5.06. The maximum absolute atomic E-state index is 3.72. The van der Waals surface area contributed by atoms with Crippen LogP contribution in [0, 0.1) is 17.5 Å². The first-order valence-electron chi connectivity index (χ1n) is 6.90. The summed E-state index contributed by atoms with van der Waals surface area (Å²) in [5.74, 6) is 3.42. The summed E-state index contributed by atoms with van der Waals surface area (Å²) in [6, 6.07) is 11.0. The van der Waals surface area contributed by atoms with Crippen LogP contribution in [0.4, 0.5) is 0 Å². The minimum Gasteiger partial charge on any atom is -0.125 e. The quantitative estimate of drug-likeness (QED) is 0.524. The Hall–Kier alpha value is -1.00. The van der Waals surface area contributed by atoms with Crippen molar-refractivity contribution >= 4 is 8.07 Å². The lowest BCUT2D eigenvalue weighted by Crippen LogP contribution is -2.43. The molecule has 0 N–H and O–H groups in total. The molecule has 97 valence electrons. The third kappa shape index (κ3) is 3.06. The van der Waals surface area contributed by atoms with Crippen LogP contribution in [0.15, 0.2) is 24.3 Å². The van der Waals surface area contributed by atoms with Gasteiger partial charge in [0, 0.05) is 5.56 Å². The number of benzene rings is 1. The van der Waals surface area contributed by atoms with E-state index in [4.69, 9.17) is 0 Å². The predicted molar refractivity (Wildman–Crippen MR) is 83.2 cm³/mol. The van der Waals surface area contributed by atoms with Gasteiger partial charge in [0.15, 0.2) is 0 Å². The molecule has 0 nitrogen and oxygen atoms in total. The molecule has 1 radical (unpaired) electrons. The lowest BCUT2D eigenvalue weighted by molar-refractivity contribution is 0.838. The second-order valence-electron chi connectivity index (χ2n) is 5.94. The summed E-state index contributed by atoms with van der Waals surface area (Å²) in [6.07, 6.45) is 0. The molecule has 0 saturated heterocycles. The van der Waals surface area contributed by atoms with Crippen LogP contribution < -0.4 is 0 Å². The summed E-state index contributed by atoms with van der Waals surface area (Å²) >= 11 is 0. The SMILES string of the molecule is CC(C)[Si](C#Cc1cc[c]cc1)(C(C)C)C(C)C. The zero-order valence-corrected chi connectivity index (χ0v) is 13.5. The fraction of sp³-hybridized carbons (Fsp3) is 0.529. The molecule has 0 aliphatic heterocycles. The molecule has 0 aliphatic rings. The molecule has 0 aliphatic carbocycles. The summed E-state index contributed by atoms with van der Waals surface area (Å²) in [6.45, 7) is 14.1. The van der Waals surface area contributed by atoms with Crippen LogP contribution in [0.3, 0.4) is 0 Å². The molecule has 0 spiro atoms. The van der Waals surface area contributed by atoms with Gasteiger partial charge in [0.25, 0.3) is 0 Å². The summed E-state index contributed by atoms with van der Waals surface area (Å²) in [7, 11) is -1.58. The van der Waals surface area contributed by atoms with Gasteiger partial charge in [0.2, 0.25) is 0 Å². The second-order valence-corrected chi connectivity index (χ2v) is 11.5. The fourth-order valence-corrected chi connectivity index (χ4v) is 8.31. The van der Waals surface area contributed by atoms with Gasteiger partial charge in [0.05, 0.1) is 0 Å². The van der Waals surface area contributed by atoms with Crippen molar-refractivity contribution in [3.8, 4) is 11.5 Å². The number of hydrogen-bond donors (Lipinski definition) is 0. The minimum absolute atomic E-state index is 0.695. The third-order valence-electron chi connectivity index (χ3n) is 4.01. The molecule has 0 fully saturated rings. The highest BCUT2D eigenvalue weighted by molar-refractivity contribution is 6.90. The molecule has 1 heteroatoms. The first kappa shape index (κ1) is 15.1. The molecule has 0 saturated carbocycles. The molecule has 1 aromatic carbocycles. The maximum Gasteiger partial charge on any atom is 0.146 e. The monoisotopic (exact) mass is 257 g/mol. The van der Waals surface area contributed by atoms with Crippen LogP contribution in [0.25, 0.3) is 0 Å². The van der Waals surface area contributed by atoms with Crippen LogP contribution in [0.2, 0.25) is 16.6 Å². The molecule has 1 rings (SSSR count). The Bertz CT molecular complexity index is 396. The molecule has 18 heavy (non-hydrogen) atoms. The van der Waals surface area contributed by atoms with E-state index in [0.717, 1.165) is 5.56 Å². The van der Waals surface area contributed by atoms with Crippen molar-refractivity contribution in [2.24, 2.45) is 0 Å². The average Bonchev–Trinajstić information content (AvgIpc) is 2.29. The van der Waals surface area contributed by atoms with Gasteiger partial charge in [-0.3, -0.25) is 0 Å². The molecule has 1 aromatic rings. The molecule has 0 heterocycles. The minimum atomic E-state index is -1.58. The molecule has 0 bridgehead atoms. The van der Waals surface area contributed by atoms with Crippen LogP contribution in [-0.4, -0.2) is 8.07 Å². The first-order chi connectivity index (χ1) is 8.41. The van der Waals surface area contributed by atoms with E-state index >= 15 is 0 Å². The van der Waals surface area contributed by atoms with E-state index in [2.05, 4.69) is 59.1 Å². The zero-order chi connectivity index (χ0) is 13.8. The van der Waals surface area contributed by atoms with Gasteiger partial charge in [0.1, 0.15) is 8.07 Å². The highest BCUT2D eigenvalue weighted by atomic mass is 28.3. The van der Waals surface area contributed by atoms with Crippen LogP contribution >= 0.6 is 0 Å². The van der Waals surface area contributed by atoms with Crippen molar-refractivity contribution in [2.75, 3.05) is 0 Å². The highest BCUT2D eigenvalue weighted by Gasteiger charge is 2.41. The number of hydrogen-bond acceptors (Lipinski definition) is 0. The summed E-state index contributed by atoms with van der Waals surface area (Å²) in [4.78, 5) is 0. The standard InChI is InChI=1S/C17H25Si/c1-14(2)18(15(3)4,16(5)6)13-12-17-10-8-7-9-11-17/h8-11,14-16H,1-6H3. The normalized spacial score (nSPS) is 11.8. The Morgan fingerprint density at radius 2 is 1.33 bits per heavy atom. The maximum atomic E-state index is 3.72. The molecular weight excluding hydrogens is 232 g/mol. The van der Waals surface area contributed by atoms with E-state index in [-0.39, 0.29) is 0 Å². The van der Waals surface area contributed by atoms with Crippen molar-refractivity contribution in [3.05, 3.63) is 35.9 Å². The van der Waals surface area contributed by atoms with Crippen LogP contribution in [0.1, 0.15) is 47.1 Å². The van der Waals surface area contributed by atoms with Gasteiger partial charge >= 0.3 is 0 Å². The largest absolute Gasteiger partial charge is 0.146 e. The third-order valence-corrected chi connectivity index (χ3v) is 10.3. The Labute approximate surface area is 114 Å². The molecule has 0 atom stereocenters. The zero-order valence-electron chi connectivity index (χ0n) is 12.5. The van der Waals surface area contributed by atoms with E-state index < -0.39 is 8.07 Å². The topological polar surface area (TPSA) is 0 Å². The highest BCUT2D eigenvalue weighted by Crippen LogP contribution is 2.40.